The Kier molecular flexibility index (Phi) is 10.1. The molecule has 0 unspecified atom stereocenters. The molecule has 2 heterocycles. The van der Waals surface area contributed by atoms with Gasteiger partial charge in [0, 0.05) is 43.2 Å². The number of piperazine rings is 1. The topological polar surface area (TPSA) is 58.4 Å². The molecule has 0 aromatic carbocycles. The van der Waals surface area contributed by atoms with E-state index in [2.05, 4.69) is 17.1 Å². The van der Waals surface area contributed by atoms with Crippen molar-refractivity contribution in [2.24, 2.45) is 0 Å². The van der Waals surface area contributed by atoms with E-state index >= 15 is 0 Å². The third-order valence-electron chi connectivity index (χ3n) is 3.54. The van der Waals surface area contributed by atoms with Gasteiger partial charge in [0.25, 0.3) is 0 Å². The summed E-state index contributed by atoms with van der Waals surface area (Å²) >= 11 is 1.33. The highest BCUT2D eigenvalue weighted by Crippen LogP contribution is 2.35. The van der Waals surface area contributed by atoms with E-state index in [4.69, 9.17) is 0 Å². The normalized spacial score (nSPS) is 16.6. The highest BCUT2D eigenvalue weighted by atomic mass is 35.5. The zero-order valence-electron chi connectivity index (χ0n) is 12.1. The van der Waals surface area contributed by atoms with Crippen LogP contribution in [0.25, 0.3) is 0 Å². The molecule has 122 valence electrons. The number of thiophene rings is 1. The van der Waals surface area contributed by atoms with Gasteiger partial charge in [0.1, 0.15) is 0 Å². The van der Waals surface area contributed by atoms with E-state index < -0.39 is 0 Å². The molecule has 1 atom stereocenters. The summed E-state index contributed by atoms with van der Waals surface area (Å²) in [6.07, 6.45) is 3.42. The molecule has 1 aromatic rings. The first-order chi connectivity index (χ1) is 9.22. The molecule has 0 radical (unpaired) electrons. The van der Waals surface area contributed by atoms with Crippen LogP contribution in [0.5, 0.6) is 0 Å². The zero-order chi connectivity index (χ0) is 13.7. The Bertz CT molecular complexity index is 425. The first-order valence-corrected chi connectivity index (χ1v) is 7.73. The lowest BCUT2D eigenvalue weighted by Gasteiger charge is -2.34. The van der Waals surface area contributed by atoms with E-state index in [9.17, 15) is 10.1 Å². The van der Waals surface area contributed by atoms with Crippen molar-refractivity contribution >= 4 is 41.2 Å². The molecule has 1 fully saturated rings. The Morgan fingerprint density at radius 1 is 1.38 bits per heavy atom. The molecule has 1 aromatic heterocycles. The van der Waals surface area contributed by atoms with Crippen LogP contribution in [0, 0.1) is 10.1 Å². The number of nitrogens with one attached hydrogen (secondary N) is 1. The highest BCUT2D eigenvalue weighted by Gasteiger charge is 2.24. The summed E-state index contributed by atoms with van der Waals surface area (Å²) in [4.78, 5) is 14.1. The van der Waals surface area contributed by atoms with Crippen molar-refractivity contribution in [2.45, 2.75) is 32.2 Å². The Morgan fingerprint density at radius 2 is 2.05 bits per heavy atom. The summed E-state index contributed by atoms with van der Waals surface area (Å²) < 4.78 is 0. The lowest BCUT2D eigenvalue weighted by atomic mass is 10.1. The van der Waals surface area contributed by atoms with Crippen molar-refractivity contribution in [3.05, 3.63) is 27.1 Å². The van der Waals surface area contributed by atoms with Gasteiger partial charge in [-0.15, -0.1) is 24.8 Å². The maximum Gasteiger partial charge on any atom is 0.324 e. The van der Waals surface area contributed by atoms with Crippen molar-refractivity contribution in [1.29, 1.82) is 0 Å². The smallest absolute Gasteiger partial charge is 0.314 e. The van der Waals surface area contributed by atoms with Crippen LogP contribution in [0.4, 0.5) is 5.00 Å². The fraction of sp³-hybridized carbons (Fsp3) is 0.692. The van der Waals surface area contributed by atoms with Gasteiger partial charge in [0.2, 0.25) is 0 Å². The molecule has 0 aliphatic carbocycles. The van der Waals surface area contributed by atoms with Gasteiger partial charge < -0.3 is 5.32 Å². The van der Waals surface area contributed by atoms with Gasteiger partial charge >= 0.3 is 5.00 Å². The minimum Gasteiger partial charge on any atom is -0.314 e. The van der Waals surface area contributed by atoms with Gasteiger partial charge in [-0.1, -0.05) is 31.1 Å². The van der Waals surface area contributed by atoms with Gasteiger partial charge in [-0.25, -0.2) is 0 Å². The highest BCUT2D eigenvalue weighted by molar-refractivity contribution is 7.15. The Hall–Kier alpha value is -0.400. The summed E-state index contributed by atoms with van der Waals surface area (Å²) in [5, 5.41) is 14.4. The minimum absolute atomic E-state index is 0. The molecule has 2 rings (SSSR count). The Morgan fingerprint density at radius 3 is 2.57 bits per heavy atom. The van der Waals surface area contributed by atoms with E-state index in [0.29, 0.717) is 6.04 Å². The number of nitrogens with zero attached hydrogens (tertiary/aromatic N) is 2. The lowest BCUT2D eigenvalue weighted by Crippen LogP contribution is -2.45. The molecule has 0 spiro atoms. The number of nitro groups is 1. The molecule has 0 bridgehead atoms. The number of hydrogen-bond donors (Lipinski definition) is 1. The third-order valence-corrected chi connectivity index (χ3v) is 4.68. The van der Waals surface area contributed by atoms with Crippen molar-refractivity contribution in [2.75, 3.05) is 26.2 Å². The van der Waals surface area contributed by atoms with Crippen molar-refractivity contribution in [3.8, 4) is 0 Å². The third kappa shape index (κ3) is 5.71. The van der Waals surface area contributed by atoms with E-state index in [1.165, 1.54) is 17.8 Å². The second kappa shape index (κ2) is 10.3. The van der Waals surface area contributed by atoms with Crippen LogP contribution in [0.3, 0.4) is 0 Å². The number of rotatable bonds is 6. The number of hydrogen-bond acceptors (Lipinski definition) is 5. The summed E-state index contributed by atoms with van der Waals surface area (Å²) in [6, 6.07) is 3.92. The summed E-state index contributed by atoms with van der Waals surface area (Å²) in [5.74, 6) is 0. The fourth-order valence-corrected chi connectivity index (χ4v) is 3.51. The van der Waals surface area contributed by atoms with Crippen LogP contribution in [-0.4, -0.2) is 36.0 Å². The van der Waals surface area contributed by atoms with Crippen molar-refractivity contribution < 1.29 is 4.92 Å². The average molecular weight is 356 g/mol. The second-order valence-electron chi connectivity index (χ2n) is 4.88. The van der Waals surface area contributed by atoms with Crippen molar-refractivity contribution in [1.82, 2.24) is 10.2 Å². The van der Waals surface area contributed by atoms with Gasteiger partial charge in [0.15, 0.2) is 0 Å². The molecule has 1 N–H and O–H groups in total. The van der Waals surface area contributed by atoms with Crippen LogP contribution < -0.4 is 5.32 Å². The van der Waals surface area contributed by atoms with Gasteiger partial charge in [0.05, 0.1) is 4.92 Å². The lowest BCUT2D eigenvalue weighted by molar-refractivity contribution is -0.380. The van der Waals surface area contributed by atoms with Crippen LogP contribution in [0.15, 0.2) is 12.1 Å². The molecule has 1 saturated heterocycles. The number of unbranched alkanes of at least 4 members (excludes halogenated alkanes) is 1. The maximum atomic E-state index is 10.8. The molecule has 1 aliphatic heterocycles. The van der Waals surface area contributed by atoms with E-state index in [1.807, 2.05) is 6.07 Å². The fourth-order valence-electron chi connectivity index (χ4n) is 2.52. The zero-order valence-corrected chi connectivity index (χ0v) is 14.6. The molecule has 0 amide bonds. The molecular weight excluding hydrogens is 333 g/mol. The van der Waals surface area contributed by atoms with E-state index in [-0.39, 0.29) is 34.7 Å². The van der Waals surface area contributed by atoms with Crippen LogP contribution in [-0.2, 0) is 0 Å². The second-order valence-corrected chi connectivity index (χ2v) is 5.97. The SMILES string of the molecule is CCCC[C@H](c1ccc([N+](=O)[O-])s1)N1CCNCC1.Cl.Cl. The summed E-state index contributed by atoms with van der Waals surface area (Å²) in [5.41, 5.74) is 0. The first-order valence-electron chi connectivity index (χ1n) is 6.91. The van der Waals surface area contributed by atoms with Crippen molar-refractivity contribution in [3.63, 3.8) is 0 Å². The van der Waals surface area contributed by atoms with E-state index in [1.54, 1.807) is 6.07 Å². The predicted molar refractivity (Wildman–Crippen MR) is 92.2 cm³/mol. The standard InChI is InChI=1S/C13H21N3O2S.2ClH/c1-2-3-4-11(15-9-7-14-8-10-15)12-5-6-13(19-12)16(17)18;;/h5-6,11,14H,2-4,7-10H2,1H3;2*1H/t11-;;/m1../s1. The largest absolute Gasteiger partial charge is 0.324 e. The molecule has 8 heteroatoms. The van der Waals surface area contributed by atoms with Gasteiger partial charge in [-0.2, -0.15) is 0 Å². The average Bonchev–Trinajstić information content (AvgIpc) is 2.90. The molecule has 21 heavy (non-hydrogen) atoms. The van der Waals surface area contributed by atoms with Crippen LogP contribution in [0.1, 0.15) is 37.1 Å². The summed E-state index contributed by atoms with van der Waals surface area (Å²) in [7, 11) is 0. The van der Waals surface area contributed by atoms with Crippen LogP contribution in [0.2, 0.25) is 0 Å². The van der Waals surface area contributed by atoms with Crippen LogP contribution >= 0.6 is 36.2 Å². The predicted octanol–water partition coefficient (Wildman–Crippen LogP) is 3.64. The Labute approximate surface area is 142 Å². The Balaban J connectivity index is 0.00000200. The maximum absolute atomic E-state index is 10.8. The quantitative estimate of drug-likeness (QED) is 0.625. The minimum atomic E-state index is -0.289. The monoisotopic (exact) mass is 355 g/mol. The molecular formula is C13H23Cl2N3O2S. The first kappa shape index (κ1) is 20.6. The molecule has 1 aliphatic rings. The number of halogens is 2. The van der Waals surface area contributed by atoms with Gasteiger partial charge in [-0.3, -0.25) is 15.0 Å². The summed E-state index contributed by atoms with van der Waals surface area (Å²) in [6.45, 7) is 6.26. The van der Waals surface area contributed by atoms with E-state index in [0.717, 1.165) is 43.9 Å². The van der Waals surface area contributed by atoms with Gasteiger partial charge in [-0.05, 0) is 12.5 Å². The molecule has 0 saturated carbocycles. The molecule has 5 nitrogen and oxygen atoms in total.